The van der Waals surface area contributed by atoms with Gasteiger partial charge in [-0.3, -0.25) is 4.79 Å². The summed E-state index contributed by atoms with van der Waals surface area (Å²) < 4.78 is 0. The maximum Gasteiger partial charge on any atom is 0.227 e. The molecule has 1 aromatic carbocycles. The number of aromatic nitrogens is 1. The summed E-state index contributed by atoms with van der Waals surface area (Å²) in [7, 11) is 0. The standard InChI is InChI=1S/C22H31N5OS/c1-4-23-22(25-14-20-15(2)26-16(3)29-20)24-13-17-8-7-11-19(12-17)27-21(28)18-9-5-6-10-18/h7-8,11-12,18H,4-6,9-10,13-14H2,1-3H3,(H,27,28)(H2,23,24,25). The van der Waals surface area contributed by atoms with Crippen LogP contribution >= 0.6 is 11.3 Å². The molecule has 6 nitrogen and oxygen atoms in total. The number of thiazole rings is 1. The monoisotopic (exact) mass is 413 g/mol. The molecule has 1 aliphatic rings. The molecule has 2 aromatic rings. The lowest BCUT2D eigenvalue weighted by molar-refractivity contribution is -0.119. The number of anilines is 1. The second-order valence-corrected chi connectivity index (χ2v) is 8.75. The Morgan fingerprint density at radius 1 is 1.24 bits per heavy atom. The fourth-order valence-corrected chi connectivity index (χ4v) is 4.47. The molecular weight excluding hydrogens is 382 g/mol. The summed E-state index contributed by atoms with van der Waals surface area (Å²) in [6.45, 7) is 8.17. The number of aliphatic imine (C=N–C) groups is 1. The second-order valence-electron chi connectivity index (χ2n) is 7.46. The lowest BCUT2D eigenvalue weighted by Crippen LogP contribution is -2.36. The van der Waals surface area contributed by atoms with Crippen molar-refractivity contribution in [3.8, 4) is 0 Å². The predicted molar refractivity (Wildman–Crippen MR) is 120 cm³/mol. The number of amides is 1. The number of nitrogens with zero attached hydrogens (tertiary/aromatic N) is 2. The fourth-order valence-electron chi connectivity index (χ4n) is 3.59. The van der Waals surface area contributed by atoms with Gasteiger partial charge in [-0.2, -0.15) is 0 Å². The Labute approximate surface area is 177 Å². The number of nitrogens with one attached hydrogen (secondary N) is 3. The van der Waals surface area contributed by atoms with Crippen LogP contribution in [0.15, 0.2) is 29.3 Å². The minimum absolute atomic E-state index is 0.147. The average molecular weight is 414 g/mol. The third kappa shape index (κ3) is 6.29. The third-order valence-electron chi connectivity index (χ3n) is 5.10. The van der Waals surface area contributed by atoms with Crippen LogP contribution in [0.25, 0.3) is 0 Å². The zero-order chi connectivity index (χ0) is 20.6. The Hall–Kier alpha value is -2.41. The van der Waals surface area contributed by atoms with E-state index in [4.69, 9.17) is 4.99 Å². The Morgan fingerprint density at radius 2 is 2.03 bits per heavy atom. The second kappa shape index (κ2) is 10.4. The molecule has 1 amide bonds. The number of hydrogen-bond donors (Lipinski definition) is 3. The molecular formula is C22H31N5OS. The molecule has 0 radical (unpaired) electrons. The van der Waals surface area contributed by atoms with Gasteiger partial charge in [0, 0.05) is 23.0 Å². The first kappa shape index (κ1) is 21.3. The van der Waals surface area contributed by atoms with Gasteiger partial charge < -0.3 is 16.0 Å². The average Bonchev–Trinajstić information content (AvgIpc) is 3.34. The SMILES string of the molecule is CCNC(=NCc1cccc(NC(=O)C2CCCC2)c1)NCc1sc(C)nc1C. The minimum atomic E-state index is 0.147. The smallest absolute Gasteiger partial charge is 0.227 e. The van der Waals surface area contributed by atoms with Gasteiger partial charge in [-0.25, -0.2) is 9.98 Å². The zero-order valence-corrected chi connectivity index (χ0v) is 18.4. The molecule has 29 heavy (non-hydrogen) atoms. The van der Waals surface area contributed by atoms with Crippen molar-refractivity contribution in [2.45, 2.75) is 59.5 Å². The van der Waals surface area contributed by atoms with Crippen LogP contribution in [0.5, 0.6) is 0 Å². The molecule has 1 aromatic heterocycles. The molecule has 1 saturated carbocycles. The lowest BCUT2D eigenvalue weighted by Gasteiger charge is -2.12. The molecule has 1 fully saturated rings. The summed E-state index contributed by atoms with van der Waals surface area (Å²) >= 11 is 1.71. The maximum absolute atomic E-state index is 12.4. The van der Waals surface area contributed by atoms with Crippen LogP contribution < -0.4 is 16.0 Å². The molecule has 0 bridgehead atoms. The molecule has 0 spiro atoms. The molecule has 1 aliphatic carbocycles. The summed E-state index contributed by atoms with van der Waals surface area (Å²) in [5, 5.41) is 10.8. The van der Waals surface area contributed by atoms with E-state index in [2.05, 4.69) is 27.9 Å². The first-order valence-electron chi connectivity index (χ1n) is 10.4. The van der Waals surface area contributed by atoms with Crippen molar-refractivity contribution in [2.24, 2.45) is 10.9 Å². The van der Waals surface area contributed by atoms with E-state index in [1.807, 2.05) is 38.1 Å². The van der Waals surface area contributed by atoms with Crippen LogP contribution in [0, 0.1) is 19.8 Å². The molecule has 1 heterocycles. The summed E-state index contributed by atoms with van der Waals surface area (Å²) in [5.41, 5.74) is 2.99. The van der Waals surface area contributed by atoms with Gasteiger partial charge in [0.1, 0.15) is 0 Å². The van der Waals surface area contributed by atoms with Gasteiger partial charge in [-0.05, 0) is 51.3 Å². The first-order chi connectivity index (χ1) is 14.0. The van der Waals surface area contributed by atoms with E-state index in [9.17, 15) is 4.79 Å². The van der Waals surface area contributed by atoms with E-state index in [0.717, 1.165) is 60.1 Å². The van der Waals surface area contributed by atoms with Crippen molar-refractivity contribution in [2.75, 3.05) is 11.9 Å². The van der Waals surface area contributed by atoms with Crippen molar-refractivity contribution >= 4 is 28.9 Å². The van der Waals surface area contributed by atoms with Crippen LogP contribution in [0.2, 0.25) is 0 Å². The van der Waals surface area contributed by atoms with Gasteiger partial charge in [0.15, 0.2) is 5.96 Å². The van der Waals surface area contributed by atoms with Crippen molar-refractivity contribution < 1.29 is 4.79 Å². The van der Waals surface area contributed by atoms with Crippen LogP contribution in [0.4, 0.5) is 5.69 Å². The normalized spacial score (nSPS) is 14.8. The molecule has 156 valence electrons. The van der Waals surface area contributed by atoms with Crippen molar-refractivity contribution in [3.05, 3.63) is 45.4 Å². The predicted octanol–water partition coefficient (Wildman–Crippen LogP) is 4.14. The van der Waals surface area contributed by atoms with E-state index in [1.165, 1.54) is 4.88 Å². The van der Waals surface area contributed by atoms with Crippen LogP contribution in [0.1, 0.15) is 53.7 Å². The highest BCUT2D eigenvalue weighted by Crippen LogP contribution is 2.26. The lowest BCUT2D eigenvalue weighted by atomic mass is 10.1. The Morgan fingerprint density at radius 3 is 2.72 bits per heavy atom. The fraction of sp³-hybridized carbons (Fsp3) is 0.500. The highest BCUT2D eigenvalue weighted by molar-refractivity contribution is 7.11. The van der Waals surface area contributed by atoms with Crippen molar-refractivity contribution in [3.63, 3.8) is 0 Å². The topological polar surface area (TPSA) is 78.4 Å². The molecule has 0 saturated heterocycles. The highest BCUT2D eigenvalue weighted by atomic mass is 32.1. The maximum atomic E-state index is 12.4. The van der Waals surface area contributed by atoms with Crippen LogP contribution in [0.3, 0.4) is 0 Å². The number of guanidine groups is 1. The van der Waals surface area contributed by atoms with E-state index in [1.54, 1.807) is 11.3 Å². The number of hydrogen-bond acceptors (Lipinski definition) is 4. The quantitative estimate of drug-likeness (QED) is 0.471. The third-order valence-corrected chi connectivity index (χ3v) is 6.17. The largest absolute Gasteiger partial charge is 0.357 e. The van der Waals surface area contributed by atoms with Gasteiger partial charge in [0.05, 0.1) is 23.8 Å². The molecule has 0 unspecified atom stereocenters. The van der Waals surface area contributed by atoms with Crippen LogP contribution in [-0.2, 0) is 17.9 Å². The summed E-state index contributed by atoms with van der Waals surface area (Å²) in [5.74, 6) is 1.09. The molecule has 0 atom stereocenters. The molecule has 0 aliphatic heterocycles. The Bertz CT molecular complexity index is 855. The van der Waals surface area contributed by atoms with Gasteiger partial charge in [-0.1, -0.05) is 25.0 Å². The molecule has 3 N–H and O–H groups in total. The van der Waals surface area contributed by atoms with E-state index >= 15 is 0 Å². The number of rotatable bonds is 7. The molecule has 3 rings (SSSR count). The number of aryl methyl sites for hydroxylation is 2. The zero-order valence-electron chi connectivity index (χ0n) is 17.5. The minimum Gasteiger partial charge on any atom is -0.357 e. The van der Waals surface area contributed by atoms with Gasteiger partial charge in [0.2, 0.25) is 5.91 Å². The number of carbonyl (C=O) groups excluding carboxylic acids is 1. The van der Waals surface area contributed by atoms with E-state index in [0.29, 0.717) is 13.1 Å². The summed E-state index contributed by atoms with van der Waals surface area (Å²) in [6, 6.07) is 7.96. The van der Waals surface area contributed by atoms with Gasteiger partial charge in [0.25, 0.3) is 0 Å². The summed E-state index contributed by atoms with van der Waals surface area (Å²) in [4.78, 5) is 22.8. The number of carbonyl (C=O) groups is 1. The van der Waals surface area contributed by atoms with Gasteiger partial charge in [-0.15, -0.1) is 11.3 Å². The van der Waals surface area contributed by atoms with E-state index in [-0.39, 0.29) is 11.8 Å². The first-order valence-corrected chi connectivity index (χ1v) is 11.2. The van der Waals surface area contributed by atoms with E-state index < -0.39 is 0 Å². The van der Waals surface area contributed by atoms with Crippen molar-refractivity contribution in [1.29, 1.82) is 0 Å². The summed E-state index contributed by atoms with van der Waals surface area (Å²) in [6.07, 6.45) is 4.33. The Kier molecular flexibility index (Phi) is 7.63. The van der Waals surface area contributed by atoms with Crippen LogP contribution in [-0.4, -0.2) is 23.4 Å². The molecule has 7 heteroatoms. The highest BCUT2D eigenvalue weighted by Gasteiger charge is 2.22. The Balaban J connectivity index is 1.59. The number of benzene rings is 1. The van der Waals surface area contributed by atoms with Gasteiger partial charge >= 0.3 is 0 Å². The van der Waals surface area contributed by atoms with Crippen molar-refractivity contribution in [1.82, 2.24) is 15.6 Å².